The van der Waals surface area contributed by atoms with Crippen molar-refractivity contribution in [2.24, 2.45) is 0 Å². The van der Waals surface area contributed by atoms with Crippen LogP contribution in [0.4, 0.5) is 5.69 Å². The van der Waals surface area contributed by atoms with E-state index in [1.54, 1.807) is 0 Å². The number of imidazole rings is 1. The fraction of sp³-hybridized carbons (Fsp3) is 0.471. The Morgan fingerprint density at radius 1 is 1.19 bits per heavy atom. The minimum absolute atomic E-state index is 0.0175. The van der Waals surface area contributed by atoms with Crippen molar-refractivity contribution in [1.82, 2.24) is 14.5 Å². The summed E-state index contributed by atoms with van der Waals surface area (Å²) in [6, 6.07) is 1.05. The number of ether oxygens (including phenoxy) is 4. The molecule has 0 N–H and O–H groups in total. The van der Waals surface area contributed by atoms with Crippen molar-refractivity contribution in [2.75, 3.05) is 6.61 Å². The van der Waals surface area contributed by atoms with Gasteiger partial charge in [-0.15, -0.1) is 0 Å². The van der Waals surface area contributed by atoms with E-state index >= 15 is 0 Å². The summed E-state index contributed by atoms with van der Waals surface area (Å²) < 4.78 is 22.7. The first-order valence-electron chi connectivity index (χ1n) is 8.89. The molecule has 14 heteroatoms. The van der Waals surface area contributed by atoms with Crippen LogP contribution in [0.15, 0.2) is 12.4 Å². The summed E-state index contributed by atoms with van der Waals surface area (Å²) in [4.78, 5) is 53.4. The van der Waals surface area contributed by atoms with E-state index in [2.05, 4.69) is 9.97 Å². The van der Waals surface area contributed by atoms with Gasteiger partial charge in [-0.3, -0.25) is 29.1 Å². The molecular formula is C17H17ClN4O9. The summed E-state index contributed by atoms with van der Waals surface area (Å²) in [7, 11) is 0. The number of nitro groups is 1. The largest absolute Gasteiger partial charge is 0.463 e. The van der Waals surface area contributed by atoms with Gasteiger partial charge in [-0.1, -0.05) is 11.6 Å². The molecule has 1 saturated heterocycles. The molecule has 13 nitrogen and oxygen atoms in total. The van der Waals surface area contributed by atoms with Crippen LogP contribution in [0.3, 0.4) is 0 Å². The molecule has 1 aliphatic rings. The maximum atomic E-state index is 11.7. The lowest BCUT2D eigenvalue weighted by molar-refractivity contribution is -0.383. The molecule has 3 rings (SSSR count). The van der Waals surface area contributed by atoms with Crippen molar-refractivity contribution < 1.29 is 38.3 Å². The van der Waals surface area contributed by atoms with Crippen LogP contribution < -0.4 is 0 Å². The van der Waals surface area contributed by atoms with Gasteiger partial charge in [0.05, 0.1) is 17.3 Å². The van der Waals surface area contributed by atoms with E-state index in [0.29, 0.717) is 0 Å². The lowest BCUT2D eigenvalue weighted by atomic mass is 10.1. The van der Waals surface area contributed by atoms with Crippen LogP contribution in [0, 0.1) is 10.1 Å². The van der Waals surface area contributed by atoms with Crippen LogP contribution in [0.1, 0.15) is 27.0 Å². The van der Waals surface area contributed by atoms with E-state index in [-0.39, 0.29) is 28.6 Å². The van der Waals surface area contributed by atoms with Crippen molar-refractivity contribution in [3.05, 3.63) is 27.7 Å². The molecule has 0 amide bonds. The van der Waals surface area contributed by atoms with Crippen LogP contribution in [0.2, 0.25) is 5.15 Å². The number of esters is 3. The fourth-order valence-corrected chi connectivity index (χ4v) is 3.39. The maximum Gasteiger partial charge on any atom is 0.303 e. The topological polar surface area (TPSA) is 162 Å². The predicted octanol–water partition coefficient (Wildman–Crippen LogP) is 1.32. The second-order valence-electron chi connectivity index (χ2n) is 6.56. The van der Waals surface area contributed by atoms with Gasteiger partial charge in [-0.05, 0) is 0 Å². The first-order chi connectivity index (χ1) is 14.6. The average molecular weight is 457 g/mol. The van der Waals surface area contributed by atoms with Gasteiger partial charge in [0.25, 0.3) is 0 Å². The Kier molecular flexibility index (Phi) is 6.36. The molecule has 166 valence electrons. The molecule has 2 aromatic rings. The number of nitrogens with zero attached hydrogens (tertiary/aromatic N) is 4. The third-order valence-corrected chi connectivity index (χ3v) is 4.48. The predicted molar refractivity (Wildman–Crippen MR) is 101 cm³/mol. The quantitative estimate of drug-likeness (QED) is 0.202. The highest BCUT2D eigenvalue weighted by molar-refractivity contribution is 6.30. The monoisotopic (exact) mass is 456 g/mol. The van der Waals surface area contributed by atoms with Gasteiger partial charge in [0.2, 0.25) is 0 Å². The Labute approximate surface area is 179 Å². The molecule has 0 aliphatic carbocycles. The van der Waals surface area contributed by atoms with Crippen molar-refractivity contribution in [3.63, 3.8) is 0 Å². The summed E-state index contributed by atoms with van der Waals surface area (Å²) in [5.41, 5.74) is -0.480. The third kappa shape index (κ3) is 4.72. The summed E-state index contributed by atoms with van der Waals surface area (Å²) in [6.07, 6.45) is -3.31. The molecule has 31 heavy (non-hydrogen) atoms. The van der Waals surface area contributed by atoms with Gasteiger partial charge in [0.15, 0.2) is 29.6 Å². The number of hydrogen-bond donors (Lipinski definition) is 0. The number of fused-ring (bicyclic) bond motifs is 1. The van der Waals surface area contributed by atoms with Crippen molar-refractivity contribution in [1.29, 1.82) is 0 Å². The number of rotatable bonds is 6. The lowest BCUT2D eigenvalue weighted by Crippen LogP contribution is -2.40. The van der Waals surface area contributed by atoms with Crippen molar-refractivity contribution >= 4 is 46.4 Å². The van der Waals surface area contributed by atoms with E-state index in [1.165, 1.54) is 17.8 Å². The third-order valence-electron chi connectivity index (χ3n) is 4.29. The van der Waals surface area contributed by atoms with Crippen molar-refractivity contribution in [3.8, 4) is 0 Å². The van der Waals surface area contributed by atoms with Gasteiger partial charge < -0.3 is 18.9 Å². The minimum atomic E-state index is -1.20. The van der Waals surface area contributed by atoms with Gasteiger partial charge in [0.1, 0.15) is 17.9 Å². The van der Waals surface area contributed by atoms with E-state index < -0.39 is 47.4 Å². The highest BCUT2D eigenvalue weighted by atomic mass is 35.5. The summed E-state index contributed by atoms with van der Waals surface area (Å²) in [5, 5.41) is 11.2. The fourth-order valence-electron chi connectivity index (χ4n) is 3.20. The molecule has 0 bridgehead atoms. The van der Waals surface area contributed by atoms with E-state index in [0.717, 1.165) is 19.9 Å². The minimum Gasteiger partial charge on any atom is -0.463 e. The normalized spacial score (nSPS) is 22.8. The van der Waals surface area contributed by atoms with Crippen LogP contribution in [0.25, 0.3) is 11.2 Å². The Bertz CT molecular complexity index is 1060. The van der Waals surface area contributed by atoms with Gasteiger partial charge in [-0.2, -0.15) is 0 Å². The second-order valence-corrected chi connectivity index (χ2v) is 6.95. The van der Waals surface area contributed by atoms with E-state index in [1.807, 2.05) is 0 Å². The molecule has 3 heterocycles. The van der Waals surface area contributed by atoms with Crippen LogP contribution in [-0.2, 0) is 33.3 Å². The van der Waals surface area contributed by atoms with Crippen LogP contribution in [0.5, 0.6) is 0 Å². The van der Waals surface area contributed by atoms with E-state index in [4.69, 9.17) is 30.5 Å². The number of halogens is 1. The molecule has 0 radical (unpaired) electrons. The molecular weight excluding hydrogens is 440 g/mol. The standard InChI is InChI=1S/C17H17ClN4O9/c1-7(23)28-5-11-14(29-8(2)24)15(30-9(3)25)17(31-11)21-6-19-13-10(22(26)27)4-12(18)20-16(13)21/h4,6,11,14-15,17H,5H2,1-3H3/t11-,14-,15-,17-/m1/s1. The first kappa shape index (κ1) is 22.4. The highest BCUT2D eigenvalue weighted by Gasteiger charge is 2.51. The molecule has 0 unspecified atom stereocenters. The zero-order valence-corrected chi connectivity index (χ0v) is 17.3. The summed E-state index contributed by atoms with van der Waals surface area (Å²) in [6.45, 7) is 3.18. The molecule has 2 aromatic heterocycles. The second kappa shape index (κ2) is 8.81. The number of carbonyl (C=O) groups is 3. The molecule has 0 saturated carbocycles. The molecule has 1 fully saturated rings. The Hall–Kier alpha value is -3.32. The first-order valence-corrected chi connectivity index (χ1v) is 9.27. The Morgan fingerprint density at radius 3 is 2.42 bits per heavy atom. The zero-order chi connectivity index (χ0) is 22.9. The van der Waals surface area contributed by atoms with Crippen LogP contribution >= 0.6 is 11.6 Å². The van der Waals surface area contributed by atoms with Gasteiger partial charge >= 0.3 is 23.6 Å². The highest BCUT2D eigenvalue weighted by Crippen LogP contribution is 2.37. The number of hydrogen-bond acceptors (Lipinski definition) is 11. The molecule has 0 spiro atoms. The molecule has 1 aliphatic heterocycles. The Balaban J connectivity index is 2.08. The van der Waals surface area contributed by atoms with Gasteiger partial charge in [-0.25, -0.2) is 9.97 Å². The molecule has 4 atom stereocenters. The smallest absolute Gasteiger partial charge is 0.303 e. The maximum absolute atomic E-state index is 11.7. The number of aromatic nitrogens is 3. The average Bonchev–Trinajstić information content (AvgIpc) is 3.20. The summed E-state index contributed by atoms with van der Waals surface area (Å²) >= 11 is 5.93. The summed E-state index contributed by atoms with van der Waals surface area (Å²) in [5.74, 6) is -1.99. The Morgan fingerprint density at radius 2 is 1.84 bits per heavy atom. The van der Waals surface area contributed by atoms with Gasteiger partial charge in [0, 0.05) is 20.8 Å². The van der Waals surface area contributed by atoms with E-state index in [9.17, 15) is 24.5 Å². The molecule has 0 aromatic carbocycles. The SMILES string of the molecule is CC(=O)OC[C@H]1O[C@@H](n2cnc3c([N+](=O)[O-])cc(Cl)nc32)[C@H](OC(C)=O)[C@@H]1OC(C)=O. The zero-order valence-electron chi connectivity index (χ0n) is 16.5. The lowest BCUT2D eigenvalue weighted by Gasteiger charge is -2.23. The van der Waals surface area contributed by atoms with Crippen molar-refractivity contribution in [2.45, 2.75) is 45.3 Å². The number of carbonyl (C=O) groups excluding carboxylic acids is 3. The number of pyridine rings is 1. The van der Waals surface area contributed by atoms with Crippen LogP contribution in [-0.4, -0.2) is 62.3 Å².